The minimum absolute atomic E-state index is 0.208. The number of thiol groups is 1. The molecule has 3 heteroatoms. The smallest absolute Gasteiger partial charge is 0.170 e. The van der Waals surface area contributed by atoms with E-state index in [0.717, 1.165) is 0 Å². The lowest BCUT2D eigenvalue weighted by Gasteiger charge is -2.03. The van der Waals surface area contributed by atoms with E-state index < -0.39 is 0 Å². The summed E-state index contributed by atoms with van der Waals surface area (Å²) >= 11 is 4.03. The molecule has 1 nitrogen and oxygen atoms in total. The lowest BCUT2D eigenvalue weighted by atomic mass is 10.2. The zero-order valence-corrected chi connectivity index (χ0v) is 8.77. The maximum atomic E-state index is 13.2. The third kappa shape index (κ3) is 2.68. The summed E-state index contributed by atoms with van der Waals surface area (Å²) < 4.78 is 18.1. The Kier molecular flexibility index (Phi) is 4.34. The second-order valence-corrected chi connectivity index (χ2v) is 3.04. The molecule has 0 saturated carbocycles. The fraction of sp³-hybridized carbons (Fsp3) is 0.273. The summed E-state index contributed by atoms with van der Waals surface area (Å²) in [7, 11) is 1.43. The van der Waals surface area contributed by atoms with Gasteiger partial charge in [-0.05, 0) is 12.1 Å². The molecule has 0 heterocycles. The van der Waals surface area contributed by atoms with Crippen molar-refractivity contribution in [1.29, 1.82) is 0 Å². The van der Waals surface area contributed by atoms with Crippen molar-refractivity contribution in [3.05, 3.63) is 29.6 Å². The molecule has 14 heavy (non-hydrogen) atoms. The second-order valence-electron chi connectivity index (χ2n) is 2.60. The number of benzene rings is 1. The van der Waals surface area contributed by atoms with Crippen LogP contribution in [0.2, 0.25) is 0 Å². The van der Waals surface area contributed by atoms with Crippen molar-refractivity contribution in [2.75, 3.05) is 12.9 Å². The van der Waals surface area contributed by atoms with E-state index in [9.17, 15) is 4.39 Å². The van der Waals surface area contributed by atoms with Gasteiger partial charge in [0.1, 0.15) is 0 Å². The highest BCUT2D eigenvalue weighted by Crippen LogP contribution is 2.20. The lowest BCUT2D eigenvalue weighted by Crippen LogP contribution is -1.91. The number of hydrogen-bond donors (Lipinski definition) is 1. The van der Waals surface area contributed by atoms with Gasteiger partial charge >= 0.3 is 0 Å². The maximum Gasteiger partial charge on any atom is 0.170 e. The topological polar surface area (TPSA) is 9.23 Å². The van der Waals surface area contributed by atoms with Gasteiger partial charge < -0.3 is 4.74 Å². The minimum atomic E-state index is -0.384. The molecule has 1 aromatic rings. The van der Waals surface area contributed by atoms with Crippen LogP contribution in [0, 0.1) is 17.7 Å². The molecule has 0 amide bonds. The molecule has 0 aliphatic rings. The summed E-state index contributed by atoms with van der Waals surface area (Å²) in [6, 6.07) is 4.69. The van der Waals surface area contributed by atoms with Crippen LogP contribution in [0.25, 0.3) is 0 Å². The number of hydrogen-bond acceptors (Lipinski definition) is 2. The van der Waals surface area contributed by atoms with Gasteiger partial charge in [0.25, 0.3) is 0 Å². The van der Waals surface area contributed by atoms with Crippen LogP contribution in [0.15, 0.2) is 18.2 Å². The van der Waals surface area contributed by atoms with E-state index in [1.807, 2.05) is 0 Å². The monoisotopic (exact) mass is 210 g/mol. The second kappa shape index (κ2) is 5.56. The Morgan fingerprint density at radius 2 is 2.29 bits per heavy atom. The Labute approximate surface area is 88.7 Å². The fourth-order valence-corrected chi connectivity index (χ4v) is 1.14. The van der Waals surface area contributed by atoms with Gasteiger partial charge in [-0.1, -0.05) is 17.9 Å². The van der Waals surface area contributed by atoms with Crippen LogP contribution in [0.5, 0.6) is 5.75 Å². The van der Waals surface area contributed by atoms with Gasteiger partial charge in [-0.2, -0.15) is 12.6 Å². The van der Waals surface area contributed by atoms with E-state index in [2.05, 4.69) is 24.5 Å². The van der Waals surface area contributed by atoms with Crippen molar-refractivity contribution in [1.82, 2.24) is 0 Å². The van der Waals surface area contributed by atoms with Crippen molar-refractivity contribution in [3.8, 4) is 17.6 Å². The summed E-state index contributed by atoms with van der Waals surface area (Å²) in [5.74, 6) is 6.24. The van der Waals surface area contributed by atoms with Crippen molar-refractivity contribution in [2.45, 2.75) is 6.42 Å². The van der Waals surface area contributed by atoms with Crippen LogP contribution in [-0.4, -0.2) is 12.9 Å². The molecular formula is C11H11FOS. The predicted molar refractivity (Wildman–Crippen MR) is 58.3 cm³/mol. The molecule has 0 unspecified atom stereocenters. The normalized spacial score (nSPS) is 9.07. The molecule has 1 rings (SSSR count). The van der Waals surface area contributed by atoms with Crippen LogP contribution in [0.4, 0.5) is 4.39 Å². The summed E-state index contributed by atoms with van der Waals surface area (Å²) in [6.07, 6.45) is 0.683. The van der Waals surface area contributed by atoms with E-state index in [1.165, 1.54) is 13.2 Å². The van der Waals surface area contributed by atoms with Crippen LogP contribution < -0.4 is 4.74 Å². The Morgan fingerprint density at radius 3 is 2.93 bits per heavy atom. The first-order valence-electron chi connectivity index (χ1n) is 4.22. The standard InChI is InChI=1S/C11H11FOS/c1-13-11-9(5-2-3-8-14)6-4-7-10(11)12/h4,6-7,14H,3,8H2,1H3. The Hall–Kier alpha value is -1.14. The summed E-state index contributed by atoms with van der Waals surface area (Å²) in [4.78, 5) is 0. The SMILES string of the molecule is COc1c(F)cccc1C#CCCS. The maximum absolute atomic E-state index is 13.2. The molecule has 0 fully saturated rings. The summed E-state index contributed by atoms with van der Waals surface area (Å²) in [6.45, 7) is 0. The lowest BCUT2D eigenvalue weighted by molar-refractivity contribution is 0.385. The first-order chi connectivity index (χ1) is 6.79. The molecule has 0 bridgehead atoms. The minimum Gasteiger partial charge on any atom is -0.492 e. The molecule has 0 aliphatic carbocycles. The Bertz CT molecular complexity index is 365. The van der Waals surface area contributed by atoms with Gasteiger partial charge in [-0.3, -0.25) is 0 Å². The van der Waals surface area contributed by atoms with Crippen molar-refractivity contribution >= 4 is 12.6 Å². The van der Waals surface area contributed by atoms with E-state index in [1.54, 1.807) is 12.1 Å². The Balaban J connectivity index is 2.98. The van der Waals surface area contributed by atoms with E-state index in [0.29, 0.717) is 17.7 Å². The number of ether oxygens (including phenoxy) is 1. The average molecular weight is 210 g/mol. The molecule has 0 aromatic heterocycles. The quantitative estimate of drug-likeness (QED) is 0.583. The van der Waals surface area contributed by atoms with E-state index in [-0.39, 0.29) is 11.6 Å². The number of rotatable bonds is 2. The first kappa shape index (κ1) is 10.9. The largest absolute Gasteiger partial charge is 0.492 e. The molecule has 0 saturated heterocycles. The third-order valence-electron chi connectivity index (χ3n) is 1.63. The van der Waals surface area contributed by atoms with Gasteiger partial charge in [0.05, 0.1) is 12.7 Å². The number of para-hydroxylation sites is 1. The number of methoxy groups -OCH3 is 1. The molecule has 0 radical (unpaired) electrons. The molecule has 1 aromatic carbocycles. The van der Waals surface area contributed by atoms with Crippen molar-refractivity contribution in [3.63, 3.8) is 0 Å². The van der Waals surface area contributed by atoms with Gasteiger partial charge in [0, 0.05) is 12.2 Å². The van der Waals surface area contributed by atoms with Gasteiger partial charge in [0.2, 0.25) is 0 Å². The van der Waals surface area contributed by atoms with Crippen LogP contribution in [0.1, 0.15) is 12.0 Å². The summed E-state index contributed by atoms with van der Waals surface area (Å²) in [5.41, 5.74) is 0.578. The summed E-state index contributed by atoms with van der Waals surface area (Å²) in [5, 5.41) is 0. The molecule has 0 spiro atoms. The molecular weight excluding hydrogens is 199 g/mol. The van der Waals surface area contributed by atoms with Crippen molar-refractivity contribution in [2.24, 2.45) is 0 Å². The van der Waals surface area contributed by atoms with Crippen LogP contribution >= 0.6 is 12.6 Å². The predicted octanol–water partition coefficient (Wildman–Crippen LogP) is 2.51. The fourth-order valence-electron chi connectivity index (χ4n) is 1.03. The van der Waals surface area contributed by atoms with Crippen molar-refractivity contribution < 1.29 is 9.13 Å². The van der Waals surface area contributed by atoms with Crippen LogP contribution in [-0.2, 0) is 0 Å². The highest BCUT2D eigenvalue weighted by atomic mass is 32.1. The number of halogens is 1. The van der Waals surface area contributed by atoms with Gasteiger partial charge in [-0.15, -0.1) is 0 Å². The average Bonchev–Trinajstić information content (AvgIpc) is 2.18. The van der Waals surface area contributed by atoms with Gasteiger partial charge in [-0.25, -0.2) is 4.39 Å². The van der Waals surface area contributed by atoms with Crippen LogP contribution in [0.3, 0.4) is 0 Å². The first-order valence-corrected chi connectivity index (χ1v) is 4.85. The van der Waals surface area contributed by atoms with E-state index in [4.69, 9.17) is 4.74 Å². The van der Waals surface area contributed by atoms with Gasteiger partial charge in [0.15, 0.2) is 11.6 Å². The third-order valence-corrected chi connectivity index (χ3v) is 1.85. The van der Waals surface area contributed by atoms with E-state index >= 15 is 0 Å². The highest BCUT2D eigenvalue weighted by Gasteiger charge is 2.05. The highest BCUT2D eigenvalue weighted by molar-refractivity contribution is 7.80. The Morgan fingerprint density at radius 1 is 1.50 bits per heavy atom. The molecule has 0 atom stereocenters. The zero-order chi connectivity index (χ0) is 10.4. The zero-order valence-electron chi connectivity index (χ0n) is 7.88. The molecule has 0 aliphatic heterocycles. The molecule has 74 valence electrons. The molecule has 0 N–H and O–H groups in total.